The van der Waals surface area contributed by atoms with Gasteiger partial charge in [0.2, 0.25) is 5.91 Å². The molecule has 2 aromatic rings. The van der Waals surface area contributed by atoms with Gasteiger partial charge in [-0.2, -0.15) is 0 Å². The summed E-state index contributed by atoms with van der Waals surface area (Å²) < 4.78 is 28.8. The SMILES string of the molecule is COc1ccc(SCC(=O)N(Cc2ccccc2)[C@@H]2C=CS(=O)(=O)C2)cc1. The number of amides is 1. The molecule has 0 saturated heterocycles. The van der Waals surface area contributed by atoms with Gasteiger partial charge < -0.3 is 9.64 Å². The maximum atomic E-state index is 12.9. The first-order valence-electron chi connectivity index (χ1n) is 8.48. The molecule has 1 amide bonds. The molecule has 0 N–H and O–H groups in total. The average molecular weight is 404 g/mol. The summed E-state index contributed by atoms with van der Waals surface area (Å²) in [6.45, 7) is 0.382. The maximum Gasteiger partial charge on any atom is 0.233 e. The third-order valence-corrected chi connectivity index (χ3v) is 6.62. The van der Waals surface area contributed by atoms with Crippen LogP contribution in [0.4, 0.5) is 0 Å². The number of carbonyl (C=O) groups is 1. The Morgan fingerprint density at radius 3 is 2.44 bits per heavy atom. The van der Waals surface area contributed by atoms with E-state index in [1.54, 1.807) is 18.1 Å². The third kappa shape index (κ3) is 5.37. The lowest BCUT2D eigenvalue weighted by atomic mass is 10.2. The second-order valence-electron chi connectivity index (χ2n) is 6.20. The molecule has 1 aliphatic rings. The van der Waals surface area contributed by atoms with Crippen LogP contribution in [0.5, 0.6) is 5.75 Å². The largest absolute Gasteiger partial charge is 0.497 e. The van der Waals surface area contributed by atoms with Crippen LogP contribution in [-0.4, -0.2) is 43.9 Å². The van der Waals surface area contributed by atoms with Gasteiger partial charge in [-0.25, -0.2) is 8.42 Å². The van der Waals surface area contributed by atoms with E-state index in [2.05, 4.69) is 0 Å². The van der Waals surface area contributed by atoms with Gasteiger partial charge in [0.25, 0.3) is 0 Å². The lowest BCUT2D eigenvalue weighted by Gasteiger charge is -2.27. The predicted octanol–water partition coefficient (Wildman–Crippen LogP) is 3.13. The van der Waals surface area contributed by atoms with Crippen LogP contribution in [-0.2, 0) is 21.2 Å². The van der Waals surface area contributed by atoms with Crippen molar-refractivity contribution in [1.82, 2.24) is 4.90 Å². The van der Waals surface area contributed by atoms with Crippen molar-refractivity contribution in [3.05, 3.63) is 71.6 Å². The molecule has 2 aromatic carbocycles. The van der Waals surface area contributed by atoms with Crippen LogP contribution in [0, 0.1) is 0 Å². The Labute approximate surface area is 163 Å². The highest BCUT2D eigenvalue weighted by Crippen LogP contribution is 2.24. The van der Waals surface area contributed by atoms with E-state index in [4.69, 9.17) is 4.74 Å². The molecule has 0 fully saturated rings. The van der Waals surface area contributed by atoms with Gasteiger partial charge in [0.05, 0.1) is 24.7 Å². The van der Waals surface area contributed by atoms with Crippen molar-refractivity contribution < 1.29 is 17.9 Å². The van der Waals surface area contributed by atoms with Gasteiger partial charge in [-0.05, 0) is 35.9 Å². The minimum atomic E-state index is -3.24. The Kier molecular flexibility index (Phi) is 6.23. The van der Waals surface area contributed by atoms with Crippen molar-refractivity contribution in [3.8, 4) is 5.75 Å². The van der Waals surface area contributed by atoms with Gasteiger partial charge in [-0.1, -0.05) is 30.3 Å². The molecule has 0 unspecified atom stereocenters. The number of rotatable bonds is 7. The van der Waals surface area contributed by atoms with E-state index in [-0.39, 0.29) is 17.4 Å². The van der Waals surface area contributed by atoms with Crippen molar-refractivity contribution in [3.63, 3.8) is 0 Å². The highest BCUT2D eigenvalue weighted by Gasteiger charge is 2.30. The van der Waals surface area contributed by atoms with Crippen LogP contribution in [0.15, 0.2) is 71.0 Å². The molecule has 1 atom stereocenters. The fourth-order valence-corrected chi connectivity index (χ4v) is 4.91. The number of nitrogens with zero attached hydrogens (tertiary/aromatic N) is 1. The minimum Gasteiger partial charge on any atom is -0.497 e. The summed E-state index contributed by atoms with van der Waals surface area (Å²) in [5, 5.41) is 1.21. The molecular formula is C20H21NO4S2. The van der Waals surface area contributed by atoms with Crippen molar-refractivity contribution >= 4 is 27.5 Å². The summed E-state index contributed by atoms with van der Waals surface area (Å²) in [7, 11) is -1.63. The number of methoxy groups -OCH3 is 1. The van der Waals surface area contributed by atoms with Crippen LogP contribution in [0.1, 0.15) is 5.56 Å². The molecular weight excluding hydrogens is 382 g/mol. The zero-order chi connectivity index (χ0) is 19.3. The standard InChI is InChI=1S/C20H21NO4S2/c1-25-18-7-9-19(10-8-18)26-14-20(22)21(13-16-5-3-2-4-6-16)17-11-12-27(23,24)15-17/h2-12,17H,13-15H2,1H3/t17-/m1/s1. The molecule has 7 heteroatoms. The Morgan fingerprint density at radius 1 is 1.15 bits per heavy atom. The van der Waals surface area contributed by atoms with Crippen molar-refractivity contribution in [2.24, 2.45) is 0 Å². The summed E-state index contributed by atoms with van der Waals surface area (Å²) >= 11 is 1.42. The molecule has 27 heavy (non-hydrogen) atoms. The number of thioether (sulfide) groups is 1. The maximum absolute atomic E-state index is 12.9. The molecule has 1 heterocycles. The van der Waals surface area contributed by atoms with Crippen molar-refractivity contribution in [2.45, 2.75) is 17.5 Å². The van der Waals surface area contributed by atoms with Crippen molar-refractivity contribution in [2.75, 3.05) is 18.6 Å². The highest BCUT2D eigenvalue weighted by atomic mass is 32.2. The molecule has 1 aliphatic heterocycles. The normalized spacial score (nSPS) is 17.6. The summed E-state index contributed by atoms with van der Waals surface area (Å²) in [5.41, 5.74) is 0.970. The number of hydrogen-bond acceptors (Lipinski definition) is 5. The van der Waals surface area contributed by atoms with E-state index in [0.29, 0.717) is 6.54 Å². The van der Waals surface area contributed by atoms with Crippen LogP contribution >= 0.6 is 11.8 Å². The fourth-order valence-electron chi connectivity index (χ4n) is 2.82. The van der Waals surface area contributed by atoms with Crippen molar-refractivity contribution in [1.29, 1.82) is 0 Å². The molecule has 0 bridgehead atoms. The quantitative estimate of drug-likeness (QED) is 0.665. The highest BCUT2D eigenvalue weighted by molar-refractivity contribution is 8.00. The Bertz CT molecular complexity index is 909. The molecule has 5 nitrogen and oxygen atoms in total. The average Bonchev–Trinajstić information content (AvgIpc) is 3.05. The summed E-state index contributed by atoms with van der Waals surface area (Å²) in [5.74, 6) is 0.853. The number of sulfone groups is 1. The first-order valence-corrected chi connectivity index (χ1v) is 11.2. The first kappa shape index (κ1) is 19.5. The van der Waals surface area contributed by atoms with Crippen LogP contribution in [0.2, 0.25) is 0 Å². The van der Waals surface area contributed by atoms with Crippen LogP contribution in [0.3, 0.4) is 0 Å². The van der Waals surface area contributed by atoms with Gasteiger partial charge in [0, 0.05) is 16.8 Å². The Hall–Kier alpha value is -2.25. The molecule has 0 aliphatic carbocycles. The summed E-state index contributed by atoms with van der Waals surface area (Å²) in [6, 6.07) is 16.7. The lowest BCUT2D eigenvalue weighted by Crippen LogP contribution is -2.41. The zero-order valence-corrected chi connectivity index (χ0v) is 16.6. The second kappa shape index (κ2) is 8.63. The van der Waals surface area contributed by atoms with E-state index in [9.17, 15) is 13.2 Å². The zero-order valence-electron chi connectivity index (χ0n) is 14.9. The van der Waals surface area contributed by atoms with Gasteiger partial charge in [0.15, 0.2) is 9.84 Å². The van der Waals surface area contributed by atoms with E-state index < -0.39 is 15.9 Å². The molecule has 0 radical (unpaired) electrons. The number of hydrogen-bond donors (Lipinski definition) is 0. The first-order chi connectivity index (χ1) is 13.0. The number of benzene rings is 2. The molecule has 0 saturated carbocycles. The topological polar surface area (TPSA) is 63.7 Å². The number of ether oxygens (including phenoxy) is 1. The number of carbonyl (C=O) groups excluding carboxylic acids is 1. The van der Waals surface area contributed by atoms with E-state index in [0.717, 1.165) is 16.2 Å². The molecule has 0 spiro atoms. The van der Waals surface area contributed by atoms with E-state index >= 15 is 0 Å². The van der Waals surface area contributed by atoms with Gasteiger partial charge in [-0.3, -0.25) is 4.79 Å². The molecule has 0 aromatic heterocycles. The second-order valence-corrected chi connectivity index (χ2v) is 9.18. The monoisotopic (exact) mass is 403 g/mol. The molecule has 3 rings (SSSR count). The van der Waals surface area contributed by atoms with Gasteiger partial charge in [0.1, 0.15) is 5.75 Å². The fraction of sp³-hybridized carbons (Fsp3) is 0.250. The third-order valence-electron chi connectivity index (χ3n) is 4.25. The summed E-state index contributed by atoms with van der Waals surface area (Å²) in [4.78, 5) is 15.5. The Morgan fingerprint density at radius 2 is 1.85 bits per heavy atom. The molecule has 142 valence electrons. The van der Waals surface area contributed by atoms with E-state index in [1.807, 2.05) is 54.6 Å². The van der Waals surface area contributed by atoms with Crippen LogP contribution < -0.4 is 4.74 Å². The summed E-state index contributed by atoms with van der Waals surface area (Å²) in [6.07, 6.45) is 1.61. The van der Waals surface area contributed by atoms with Gasteiger partial charge in [-0.15, -0.1) is 11.8 Å². The van der Waals surface area contributed by atoms with E-state index in [1.165, 1.54) is 17.2 Å². The predicted molar refractivity (Wildman–Crippen MR) is 107 cm³/mol. The van der Waals surface area contributed by atoms with Gasteiger partial charge >= 0.3 is 0 Å². The Balaban J connectivity index is 1.70. The smallest absolute Gasteiger partial charge is 0.233 e. The van der Waals surface area contributed by atoms with Crippen LogP contribution in [0.25, 0.3) is 0 Å². The minimum absolute atomic E-state index is 0.0568. The lowest BCUT2D eigenvalue weighted by molar-refractivity contribution is -0.130.